The molecule has 1 fully saturated rings. The largest absolute Gasteiger partial charge is 0.504 e. The van der Waals surface area contributed by atoms with Gasteiger partial charge < -0.3 is 19.9 Å². The normalized spacial score (nSPS) is 23.9. The number of phenolic OH excluding ortho intramolecular Hbond substituents is 1. The van der Waals surface area contributed by atoms with Gasteiger partial charge in [-0.1, -0.05) is 12.1 Å². The second kappa shape index (κ2) is 6.07. The molecule has 18 heavy (non-hydrogen) atoms. The van der Waals surface area contributed by atoms with Gasteiger partial charge in [-0.2, -0.15) is 0 Å². The lowest BCUT2D eigenvalue weighted by atomic mass is 10.0. The molecule has 1 aliphatic heterocycles. The number of ether oxygens (including phenoxy) is 2. The number of nitrogens with one attached hydrogen (secondary N) is 1. The van der Waals surface area contributed by atoms with Crippen LogP contribution in [0.1, 0.15) is 25.3 Å². The maximum Gasteiger partial charge on any atom is 0.162 e. The van der Waals surface area contributed by atoms with E-state index in [0.29, 0.717) is 24.4 Å². The van der Waals surface area contributed by atoms with Gasteiger partial charge in [0.05, 0.1) is 13.2 Å². The second-order valence-corrected chi connectivity index (χ2v) is 4.75. The number of aromatic hydroxyl groups is 1. The molecule has 1 heterocycles. The molecule has 0 aromatic heterocycles. The summed E-state index contributed by atoms with van der Waals surface area (Å²) in [6.45, 7) is 3.56. The number of rotatable bonds is 4. The number of hydrogen-bond donors (Lipinski definition) is 2. The van der Waals surface area contributed by atoms with Crippen molar-refractivity contribution in [1.82, 2.24) is 5.32 Å². The zero-order valence-electron chi connectivity index (χ0n) is 11.0. The molecule has 0 saturated carbocycles. The lowest BCUT2D eigenvalue weighted by Crippen LogP contribution is -2.37. The highest BCUT2D eigenvalue weighted by atomic mass is 16.5. The Morgan fingerprint density at radius 2 is 2.33 bits per heavy atom. The highest BCUT2D eigenvalue weighted by molar-refractivity contribution is 5.45. The predicted octanol–water partition coefficient (Wildman–Crippen LogP) is 2.06. The summed E-state index contributed by atoms with van der Waals surface area (Å²) in [7, 11) is 1.56. The number of methoxy groups -OCH3 is 1. The third-order valence-electron chi connectivity index (χ3n) is 3.37. The summed E-state index contributed by atoms with van der Waals surface area (Å²) in [6, 6.07) is 6.02. The molecular weight excluding hydrogens is 230 g/mol. The van der Waals surface area contributed by atoms with Crippen molar-refractivity contribution in [3.63, 3.8) is 0 Å². The molecule has 1 aliphatic rings. The zero-order chi connectivity index (χ0) is 13.0. The monoisotopic (exact) mass is 251 g/mol. The fourth-order valence-corrected chi connectivity index (χ4v) is 2.31. The first-order chi connectivity index (χ1) is 8.70. The minimum Gasteiger partial charge on any atom is -0.504 e. The van der Waals surface area contributed by atoms with Crippen LogP contribution in [0.25, 0.3) is 0 Å². The zero-order valence-corrected chi connectivity index (χ0v) is 11.0. The summed E-state index contributed by atoms with van der Waals surface area (Å²) in [4.78, 5) is 0. The molecule has 100 valence electrons. The Hall–Kier alpha value is -1.26. The van der Waals surface area contributed by atoms with E-state index in [9.17, 15) is 5.11 Å². The molecule has 4 heteroatoms. The highest BCUT2D eigenvalue weighted by Gasteiger charge is 2.19. The average Bonchev–Trinajstić information content (AvgIpc) is 2.38. The van der Waals surface area contributed by atoms with Gasteiger partial charge in [0, 0.05) is 24.8 Å². The smallest absolute Gasteiger partial charge is 0.162 e. The van der Waals surface area contributed by atoms with Crippen LogP contribution in [0.4, 0.5) is 0 Å². The van der Waals surface area contributed by atoms with Gasteiger partial charge in [0.2, 0.25) is 0 Å². The van der Waals surface area contributed by atoms with Crippen LogP contribution in [-0.2, 0) is 11.3 Å². The van der Waals surface area contributed by atoms with E-state index in [1.807, 2.05) is 12.1 Å². The Morgan fingerprint density at radius 1 is 1.50 bits per heavy atom. The molecular formula is C14H21NO3. The molecule has 0 aliphatic carbocycles. The predicted molar refractivity (Wildman–Crippen MR) is 69.9 cm³/mol. The van der Waals surface area contributed by atoms with Crippen LogP contribution < -0.4 is 10.1 Å². The molecule has 1 saturated heterocycles. The van der Waals surface area contributed by atoms with Crippen molar-refractivity contribution in [2.24, 2.45) is 0 Å². The van der Waals surface area contributed by atoms with Crippen LogP contribution in [0.3, 0.4) is 0 Å². The Kier molecular flexibility index (Phi) is 4.44. The van der Waals surface area contributed by atoms with E-state index in [4.69, 9.17) is 9.47 Å². The molecule has 2 atom stereocenters. The molecule has 0 amide bonds. The summed E-state index contributed by atoms with van der Waals surface area (Å²) >= 11 is 0. The van der Waals surface area contributed by atoms with Gasteiger partial charge >= 0.3 is 0 Å². The van der Waals surface area contributed by atoms with Crippen LogP contribution in [-0.4, -0.2) is 31.0 Å². The maximum atomic E-state index is 9.98. The summed E-state index contributed by atoms with van der Waals surface area (Å²) in [5.41, 5.74) is 0.869. The third kappa shape index (κ3) is 3.15. The quantitative estimate of drug-likeness (QED) is 0.860. The SMILES string of the molecule is COc1cccc(CNC2CCOC(C)C2)c1O. The lowest BCUT2D eigenvalue weighted by molar-refractivity contribution is 0.0130. The topological polar surface area (TPSA) is 50.7 Å². The lowest BCUT2D eigenvalue weighted by Gasteiger charge is -2.28. The molecule has 0 bridgehead atoms. The third-order valence-corrected chi connectivity index (χ3v) is 3.37. The minimum absolute atomic E-state index is 0.229. The summed E-state index contributed by atoms with van der Waals surface area (Å²) in [5, 5.41) is 13.4. The number of hydrogen-bond acceptors (Lipinski definition) is 4. The first-order valence-electron chi connectivity index (χ1n) is 6.40. The van der Waals surface area contributed by atoms with E-state index in [2.05, 4.69) is 12.2 Å². The molecule has 1 aromatic rings. The van der Waals surface area contributed by atoms with Gasteiger partial charge in [-0.05, 0) is 25.8 Å². The second-order valence-electron chi connectivity index (χ2n) is 4.75. The molecule has 2 rings (SSSR count). The van der Waals surface area contributed by atoms with Crippen molar-refractivity contribution in [3.05, 3.63) is 23.8 Å². The van der Waals surface area contributed by atoms with Gasteiger partial charge in [0.15, 0.2) is 11.5 Å². The van der Waals surface area contributed by atoms with Crippen LogP contribution in [0.2, 0.25) is 0 Å². The van der Waals surface area contributed by atoms with Gasteiger partial charge in [0.25, 0.3) is 0 Å². The van der Waals surface area contributed by atoms with Crippen molar-refractivity contribution in [3.8, 4) is 11.5 Å². The number of para-hydroxylation sites is 1. The summed E-state index contributed by atoms with van der Waals surface area (Å²) in [6.07, 6.45) is 2.36. The van der Waals surface area contributed by atoms with E-state index in [0.717, 1.165) is 25.0 Å². The molecule has 2 N–H and O–H groups in total. The number of phenols is 1. The van der Waals surface area contributed by atoms with Gasteiger partial charge in [-0.15, -0.1) is 0 Å². The summed E-state index contributed by atoms with van der Waals surface area (Å²) in [5.74, 6) is 0.752. The standard InChI is InChI=1S/C14H21NO3/c1-10-8-12(6-7-18-10)15-9-11-4-3-5-13(17-2)14(11)16/h3-5,10,12,15-16H,6-9H2,1-2H3. The molecule has 1 aromatic carbocycles. The van der Waals surface area contributed by atoms with E-state index in [1.165, 1.54) is 0 Å². The van der Waals surface area contributed by atoms with Crippen molar-refractivity contribution in [2.45, 2.75) is 38.5 Å². The Balaban J connectivity index is 1.93. The molecule has 0 spiro atoms. The average molecular weight is 251 g/mol. The van der Waals surface area contributed by atoms with Crippen molar-refractivity contribution in [1.29, 1.82) is 0 Å². The van der Waals surface area contributed by atoms with Crippen molar-refractivity contribution >= 4 is 0 Å². The molecule has 0 radical (unpaired) electrons. The molecule has 2 unspecified atom stereocenters. The first-order valence-corrected chi connectivity index (χ1v) is 6.40. The van der Waals surface area contributed by atoms with E-state index in [-0.39, 0.29) is 5.75 Å². The van der Waals surface area contributed by atoms with Gasteiger partial charge in [-0.25, -0.2) is 0 Å². The Labute approximate surface area is 108 Å². The van der Waals surface area contributed by atoms with E-state index < -0.39 is 0 Å². The fraction of sp³-hybridized carbons (Fsp3) is 0.571. The van der Waals surface area contributed by atoms with E-state index in [1.54, 1.807) is 13.2 Å². The summed E-state index contributed by atoms with van der Waals surface area (Å²) < 4.78 is 10.6. The number of benzene rings is 1. The Morgan fingerprint density at radius 3 is 3.06 bits per heavy atom. The Bertz CT molecular complexity index is 395. The van der Waals surface area contributed by atoms with Crippen LogP contribution in [0.5, 0.6) is 11.5 Å². The minimum atomic E-state index is 0.229. The van der Waals surface area contributed by atoms with Crippen molar-refractivity contribution in [2.75, 3.05) is 13.7 Å². The maximum absolute atomic E-state index is 9.98. The van der Waals surface area contributed by atoms with Gasteiger partial charge in [-0.3, -0.25) is 0 Å². The first kappa shape index (κ1) is 13.2. The van der Waals surface area contributed by atoms with Crippen molar-refractivity contribution < 1.29 is 14.6 Å². The highest BCUT2D eigenvalue weighted by Crippen LogP contribution is 2.29. The van der Waals surface area contributed by atoms with Crippen LogP contribution in [0, 0.1) is 0 Å². The van der Waals surface area contributed by atoms with Crippen LogP contribution in [0.15, 0.2) is 18.2 Å². The van der Waals surface area contributed by atoms with Crippen LogP contribution >= 0.6 is 0 Å². The van der Waals surface area contributed by atoms with E-state index >= 15 is 0 Å². The fourth-order valence-electron chi connectivity index (χ4n) is 2.31. The molecule has 4 nitrogen and oxygen atoms in total. The van der Waals surface area contributed by atoms with Gasteiger partial charge in [0.1, 0.15) is 0 Å².